The summed E-state index contributed by atoms with van der Waals surface area (Å²) in [7, 11) is 0. The van der Waals surface area contributed by atoms with Gasteiger partial charge in [0, 0.05) is 6.42 Å². The first-order valence-electron chi connectivity index (χ1n) is 3.10. The molecule has 0 spiro atoms. The Morgan fingerprint density at radius 1 is 1.60 bits per heavy atom. The number of carboxylic acid groups (broad SMARTS) is 2. The van der Waals surface area contributed by atoms with Crippen LogP contribution in [0.15, 0.2) is 0 Å². The second-order valence-electron chi connectivity index (χ2n) is 1.72. The van der Waals surface area contributed by atoms with Gasteiger partial charge in [-0.1, -0.05) is 0 Å². The van der Waals surface area contributed by atoms with Crippen molar-refractivity contribution in [1.29, 1.82) is 0 Å². The Morgan fingerprint density at radius 3 is 2.40 bits per heavy atom. The maximum atomic E-state index is 10.1. The molecule has 1 atom stereocenters. The van der Waals surface area contributed by atoms with E-state index in [2.05, 4.69) is 0 Å². The molecular formula is C5H9NO4. The summed E-state index contributed by atoms with van der Waals surface area (Å²) in [6.45, 7) is 0. The Kier molecular flexibility index (Phi) is 2.69. The number of carboxylic acids is 2. The molecule has 0 heterocycles. The van der Waals surface area contributed by atoms with E-state index in [0.717, 1.165) is 0 Å². The summed E-state index contributed by atoms with van der Waals surface area (Å²) in [4.78, 5) is 20.1. The smallest absolute Gasteiger partial charge is 0.320 e. The summed E-state index contributed by atoms with van der Waals surface area (Å²) >= 11 is 0. The van der Waals surface area contributed by atoms with Crippen LogP contribution >= 0.6 is 0 Å². The molecule has 0 saturated carbocycles. The first-order valence-corrected chi connectivity index (χ1v) is 2.60. The van der Waals surface area contributed by atoms with Crippen molar-refractivity contribution >= 4 is 11.9 Å². The zero-order valence-corrected chi connectivity index (χ0v) is 5.20. The van der Waals surface area contributed by atoms with Gasteiger partial charge in [0.2, 0.25) is 0 Å². The molecular weight excluding hydrogens is 138 g/mol. The quantitative estimate of drug-likeness (QED) is 0.487. The molecule has 5 heteroatoms. The number of hydrogen-bond acceptors (Lipinski definition) is 3. The van der Waals surface area contributed by atoms with Crippen molar-refractivity contribution in [2.24, 2.45) is 5.73 Å². The molecule has 58 valence electrons. The minimum atomic E-state index is -2.18. The molecule has 0 aromatic rings. The van der Waals surface area contributed by atoms with Crippen molar-refractivity contribution in [2.75, 3.05) is 0 Å². The van der Waals surface area contributed by atoms with Crippen LogP contribution in [0.4, 0.5) is 0 Å². The van der Waals surface area contributed by atoms with E-state index in [0.29, 0.717) is 0 Å². The lowest BCUT2D eigenvalue weighted by molar-refractivity contribution is -0.139. The van der Waals surface area contributed by atoms with Crippen molar-refractivity contribution in [3.63, 3.8) is 0 Å². The molecule has 0 aliphatic carbocycles. The van der Waals surface area contributed by atoms with Gasteiger partial charge in [-0.15, -0.1) is 0 Å². The molecule has 4 N–H and O–H groups in total. The number of rotatable bonds is 4. The Hall–Kier alpha value is -1.10. The summed E-state index contributed by atoms with van der Waals surface area (Å²) in [6, 6.07) is -2.18. The van der Waals surface area contributed by atoms with Crippen LogP contribution < -0.4 is 5.73 Å². The topological polar surface area (TPSA) is 101 Å². The van der Waals surface area contributed by atoms with Crippen LogP contribution in [0.2, 0.25) is 0 Å². The van der Waals surface area contributed by atoms with Crippen molar-refractivity contribution in [3.05, 3.63) is 0 Å². The van der Waals surface area contributed by atoms with Gasteiger partial charge in [-0.2, -0.15) is 0 Å². The molecule has 0 aliphatic rings. The van der Waals surface area contributed by atoms with Crippen molar-refractivity contribution in [2.45, 2.75) is 18.9 Å². The number of carbonyl (C=O) groups is 2. The Morgan fingerprint density at radius 2 is 2.10 bits per heavy atom. The fourth-order valence-corrected chi connectivity index (χ4v) is 0.349. The van der Waals surface area contributed by atoms with E-state index in [1.54, 1.807) is 0 Å². The Bertz CT molecular complexity index is 179. The van der Waals surface area contributed by atoms with Crippen LogP contribution in [0, 0.1) is 0 Å². The van der Waals surface area contributed by atoms with Crippen LogP contribution in [-0.2, 0) is 9.59 Å². The summed E-state index contributed by atoms with van der Waals surface area (Å²) in [6.07, 6.45) is -0.802. The van der Waals surface area contributed by atoms with Crippen LogP contribution in [0.25, 0.3) is 0 Å². The molecule has 0 saturated heterocycles. The SMILES string of the molecule is [2H][C@](N)(CCC(=O)O)C(=O)O. The lowest BCUT2D eigenvalue weighted by Crippen LogP contribution is -2.30. The van der Waals surface area contributed by atoms with Gasteiger partial charge in [-0.25, -0.2) is 0 Å². The van der Waals surface area contributed by atoms with Crippen LogP contribution in [-0.4, -0.2) is 28.2 Å². The maximum absolute atomic E-state index is 10.1. The van der Waals surface area contributed by atoms with E-state index < -0.39 is 30.8 Å². The highest BCUT2D eigenvalue weighted by atomic mass is 16.4. The van der Waals surface area contributed by atoms with E-state index in [1.165, 1.54) is 0 Å². The van der Waals surface area contributed by atoms with E-state index in [9.17, 15) is 9.59 Å². The minimum Gasteiger partial charge on any atom is -0.481 e. The Balaban J connectivity index is 3.92. The molecule has 0 bridgehead atoms. The van der Waals surface area contributed by atoms with Gasteiger partial charge < -0.3 is 15.9 Å². The van der Waals surface area contributed by atoms with Crippen LogP contribution in [0.1, 0.15) is 14.2 Å². The maximum Gasteiger partial charge on any atom is 0.320 e. The summed E-state index contributed by atoms with van der Waals surface area (Å²) in [5.74, 6) is -2.67. The van der Waals surface area contributed by atoms with Gasteiger partial charge in [0.15, 0.2) is 0 Å². The summed E-state index contributed by atoms with van der Waals surface area (Å²) in [5, 5.41) is 16.4. The highest BCUT2D eigenvalue weighted by Crippen LogP contribution is 1.93. The third-order valence-corrected chi connectivity index (χ3v) is 0.883. The third-order valence-electron chi connectivity index (χ3n) is 0.883. The van der Waals surface area contributed by atoms with Gasteiger partial charge in [0.05, 0.1) is 1.37 Å². The molecule has 0 fully saturated rings. The van der Waals surface area contributed by atoms with Gasteiger partial charge in [-0.3, -0.25) is 9.59 Å². The lowest BCUT2D eigenvalue weighted by atomic mass is 10.2. The van der Waals surface area contributed by atoms with Crippen molar-refractivity contribution < 1.29 is 21.2 Å². The first kappa shape index (κ1) is 7.01. The summed E-state index contributed by atoms with van der Waals surface area (Å²) < 4.78 is 6.89. The Labute approximate surface area is 58.9 Å². The highest BCUT2D eigenvalue weighted by molar-refractivity contribution is 5.74. The van der Waals surface area contributed by atoms with Crippen LogP contribution in [0.3, 0.4) is 0 Å². The summed E-state index contributed by atoms with van der Waals surface area (Å²) in [5.41, 5.74) is 4.91. The van der Waals surface area contributed by atoms with E-state index >= 15 is 0 Å². The molecule has 0 aromatic heterocycles. The second kappa shape index (κ2) is 3.84. The van der Waals surface area contributed by atoms with Gasteiger partial charge >= 0.3 is 11.9 Å². The minimum absolute atomic E-state index is 0.391. The molecule has 0 amide bonds. The van der Waals surface area contributed by atoms with E-state index in [4.69, 9.17) is 17.3 Å². The highest BCUT2D eigenvalue weighted by Gasteiger charge is 2.12. The number of aliphatic carboxylic acids is 2. The monoisotopic (exact) mass is 148 g/mol. The fourth-order valence-electron chi connectivity index (χ4n) is 0.349. The molecule has 0 unspecified atom stereocenters. The predicted molar refractivity (Wildman–Crippen MR) is 32.5 cm³/mol. The average Bonchev–Trinajstić information content (AvgIpc) is 1.84. The zero-order valence-electron chi connectivity index (χ0n) is 6.20. The predicted octanol–water partition coefficient (Wildman–Crippen LogP) is -0.737. The standard InChI is InChI=1S/C5H9NO4/c6-3(5(9)10)1-2-4(7)8/h3H,1-2,6H2,(H,7,8)(H,9,10)/t3-/m0/s1/i3D. The van der Waals surface area contributed by atoms with Gasteiger partial charge in [0.25, 0.3) is 0 Å². The van der Waals surface area contributed by atoms with E-state index in [1.807, 2.05) is 0 Å². The average molecular weight is 148 g/mol. The second-order valence-corrected chi connectivity index (χ2v) is 1.72. The van der Waals surface area contributed by atoms with Crippen molar-refractivity contribution in [3.8, 4) is 0 Å². The zero-order chi connectivity index (χ0) is 9.07. The largest absolute Gasteiger partial charge is 0.481 e. The molecule has 0 aromatic carbocycles. The first-order chi connectivity index (χ1) is 4.86. The molecule has 0 radical (unpaired) electrons. The van der Waals surface area contributed by atoms with Gasteiger partial charge in [-0.05, 0) is 6.42 Å². The molecule has 5 nitrogen and oxygen atoms in total. The third kappa shape index (κ3) is 3.85. The van der Waals surface area contributed by atoms with Crippen LogP contribution in [0.5, 0.6) is 0 Å². The van der Waals surface area contributed by atoms with E-state index in [-0.39, 0.29) is 0 Å². The fraction of sp³-hybridized carbons (Fsp3) is 0.600. The number of nitrogens with two attached hydrogens (primary N) is 1. The molecule has 10 heavy (non-hydrogen) atoms. The lowest BCUT2D eigenvalue weighted by Gasteiger charge is -2.01. The van der Waals surface area contributed by atoms with Crippen molar-refractivity contribution in [1.82, 2.24) is 0 Å². The number of hydrogen-bond donors (Lipinski definition) is 3. The normalized spacial score (nSPS) is 17.1. The van der Waals surface area contributed by atoms with Gasteiger partial charge in [0.1, 0.15) is 6.02 Å². The molecule has 0 rings (SSSR count). The molecule has 0 aliphatic heterocycles.